The molecule has 1 aromatic carbocycles. The van der Waals surface area contributed by atoms with E-state index in [0.717, 1.165) is 4.90 Å². The van der Waals surface area contributed by atoms with Gasteiger partial charge in [-0.15, -0.1) is 0 Å². The van der Waals surface area contributed by atoms with Gasteiger partial charge in [0.25, 0.3) is 11.8 Å². The molecule has 0 spiro atoms. The lowest BCUT2D eigenvalue weighted by atomic mass is 10.1. The van der Waals surface area contributed by atoms with Crippen LogP contribution in [-0.2, 0) is 9.53 Å². The van der Waals surface area contributed by atoms with E-state index in [2.05, 4.69) is 4.74 Å². The maximum atomic E-state index is 12.0. The molecule has 0 bridgehead atoms. The van der Waals surface area contributed by atoms with Crippen LogP contribution in [0.2, 0.25) is 0 Å². The number of hydrogen-bond donors (Lipinski definition) is 0. The number of thioether (sulfide) groups is 1. The van der Waals surface area contributed by atoms with Crippen LogP contribution in [0.3, 0.4) is 0 Å². The summed E-state index contributed by atoms with van der Waals surface area (Å²) >= 11 is -0.507. The lowest BCUT2D eigenvalue weighted by Crippen LogP contribution is -2.33. The third kappa shape index (κ3) is 3.79. The number of hydrogen-bond acceptors (Lipinski definition) is 5. The van der Waals surface area contributed by atoms with E-state index in [1.807, 2.05) is 0 Å². The zero-order valence-corrected chi connectivity index (χ0v) is 11.9. The maximum Gasteiger partial charge on any atom is 0.442 e. The van der Waals surface area contributed by atoms with E-state index in [0.29, 0.717) is 0 Å². The van der Waals surface area contributed by atoms with Crippen molar-refractivity contribution in [3.63, 3.8) is 0 Å². The average Bonchev–Trinajstić information content (AvgIpc) is 2.70. The smallest absolute Gasteiger partial charge is 0.442 e. The predicted octanol–water partition coefficient (Wildman–Crippen LogP) is 2.08. The fraction of sp³-hybridized carbons (Fsp3) is 0.308. The highest BCUT2D eigenvalue weighted by atomic mass is 32.2. The molecule has 0 saturated carbocycles. The molecular weight excluding hydrogens is 323 g/mol. The Kier molecular flexibility index (Phi) is 4.74. The molecule has 1 aliphatic heterocycles. The van der Waals surface area contributed by atoms with Crippen LogP contribution in [-0.4, -0.2) is 47.1 Å². The number of halogens is 3. The molecule has 0 saturated heterocycles. The SMILES string of the molecule is O=C(CSC(F)(F)F)OCCN1C(=O)c2ccccc2C1=O. The minimum Gasteiger partial charge on any atom is -0.463 e. The Hall–Kier alpha value is -2.03. The first-order chi connectivity index (χ1) is 10.3. The average molecular weight is 333 g/mol. The molecule has 5 nitrogen and oxygen atoms in total. The van der Waals surface area contributed by atoms with Crippen molar-refractivity contribution in [3.8, 4) is 0 Å². The molecule has 9 heteroatoms. The summed E-state index contributed by atoms with van der Waals surface area (Å²) in [6, 6.07) is 6.23. The first-order valence-electron chi connectivity index (χ1n) is 6.11. The minimum absolute atomic E-state index is 0.200. The molecule has 0 unspecified atom stereocenters. The summed E-state index contributed by atoms with van der Waals surface area (Å²) in [4.78, 5) is 35.9. The Balaban J connectivity index is 1.83. The van der Waals surface area contributed by atoms with Crippen LogP contribution in [0, 0.1) is 0 Å². The summed E-state index contributed by atoms with van der Waals surface area (Å²) in [5, 5.41) is 0. The fourth-order valence-electron chi connectivity index (χ4n) is 1.88. The number of rotatable bonds is 5. The Bertz CT molecular complexity index is 583. The largest absolute Gasteiger partial charge is 0.463 e. The number of ether oxygens (including phenoxy) is 1. The van der Waals surface area contributed by atoms with Crippen molar-refractivity contribution < 1.29 is 32.3 Å². The van der Waals surface area contributed by atoms with Crippen LogP contribution in [0.4, 0.5) is 13.2 Å². The van der Waals surface area contributed by atoms with Gasteiger partial charge in [0.2, 0.25) is 0 Å². The molecule has 0 aliphatic carbocycles. The number of nitrogens with zero attached hydrogens (tertiary/aromatic N) is 1. The van der Waals surface area contributed by atoms with Crippen molar-refractivity contribution in [2.75, 3.05) is 18.9 Å². The van der Waals surface area contributed by atoms with E-state index in [9.17, 15) is 27.6 Å². The monoisotopic (exact) mass is 333 g/mol. The van der Waals surface area contributed by atoms with Crippen LogP contribution in [0.15, 0.2) is 24.3 Å². The molecule has 1 aromatic rings. The Morgan fingerprint density at radius 1 is 1.14 bits per heavy atom. The van der Waals surface area contributed by atoms with Crippen LogP contribution in [0.5, 0.6) is 0 Å². The van der Waals surface area contributed by atoms with Crippen molar-refractivity contribution >= 4 is 29.5 Å². The summed E-state index contributed by atoms with van der Waals surface area (Å²) in [6.07, 6.45) is 0. The van der Waals surface area contributed by atoms with Gasteiger partial charge in [-0.3, -0.25) is 19.3 Å². The number of benzene rings is 1. The van der Waals surface area contributed by atoms with E-state index in [1.54, 1.807) is 12.1 Å². The summed E-state index contributed by atoms with van der Waals surface area (Å²) in [7, 11) is 0. The zero-order chi connectivity index (χ0) is 16.3. The van der Waals surface area contributed by atoms with E-state index >= 15 is 0 Å². The van der Waals surface area contributed by atoms with Crippen LogP contribution < -0.4 is 0 Å². The van der Waals surface area contributed by atoms with Crippen LogP contribution in [0.1, 0.15) is 20.7 Å². The molecular formula is C13H10F3NO4S. The normalized spacial score (nSPS) is 14.2. The quantitative estimate of drug-likeness (QED) is 0.610. The molecule has 2 amide bonds. The molecule has 0 aromatic heterocycles. The third-order valence-electron chi connectivity index (χ3n) is 2.81. The molecule has 0 atom stereocenters. The second-order valence-electron chi connectivity index (χ2n) is 4.26. The highest BCUT2D eigenvalue weighted by molar-refractivity contribution is 8.00. The van der Waals surface area contributed by atoms with E-state index < -0.39 is 40.8 Å². The molecule has 0 N–H and O–H groups in total. The van der Waals surface area contributed by atoms with Crippen molar-refractivity contribution in [1.82, 2.24) is 4.90 Å². The highest BCUT2D eigenvalue weighted by Gasteiger charge is 2.35. The van der Waals surface area contributed by atoms with Gasteiger partial charge in [-0.2, -0.15) is 13.2 Å². The molecule has 22 heavy (non-hydrogen) atoms. The number of fused-ring (bicyclic) bond motifs is 1. The predicted molar refractivity (Wildman–Crippen MR) is 71.3 cm³/mol. The summed E-state index contributed by atoms with van der Waals surface area (Å²) < 4.78 is 40.3. The Morgan fingerprint density at radius 2 is 1.68 bits per heavy atom. The molecule has 0 radical (unpaired) electrons. The van der Waals surface area contributed by atoms with Gasteiger partial charge in [0.15, 0.2) is 0 Å². The highest BCUT2D eigenvalue weighted by Crippen LogP contribution is 2.29. The van der Waals surface area contributed by atoms with Gasteiger partial charge in [0.1, 0.15) is 12.4 Å². The minimum atomic E-state index is -4.51. The van der Waals surface area contributed by atoms with Gasteiger partial charge < -0.3 is 4.74 Å². The number of carbonyl (C=O) groups excluding carboxylic acids is 3. The third-order valence-corrected chi connectivity index (χ3v) is 3.52. The van der Waals surface area contributed by atoms with Crippen molar-refractivity contribution in [2.45, 2.75) is 5.51 Å². The van der Waals surface area contributed by atoms with Gasteiger partial charge in [0, 0.05) is 0 Å². The van der Waals surface area contributed by atoms with Crippen molar-refractivity contribution in [3.05, 3.63) is 35.4 Å². The maximum absolute atomic E-state index is 12.0. The van der Waals surface area contributed by atoms with Gasteiger partial charge >= 0.3 is 11.5 Å². The lowest BCUT2D eigenvalue weighted by Gasteiger charge is -2.13. The summed E-state index contributed by atoms with van der Waals surface area (Å²) in [6.45, 7) is -0.544. The Morgan fingerprint density at radius 3 is 2.18 bits per heavy atom. The Labute approximate surface area is 127 Å². The van der Waals surface area contributed by atoms with E-state index in [1.165, 1.54) is 12.1 Å². The molecule has 1 aliphatic rings. The van der Waals surface area contributed by atoms with Gasteiger partial charge in [-0.1, -0.05) is 12.1 Å². The van der Waals surface area contributed by atoms with Crippen molar-refractivity contribution in [1.29, 1.82) is 0 Å². The molecule has 118 valence electrons. The van der Waals surface area contributed by atoms with Gasteiger partial charge in [0.05, 0.1) is 17.7 Å². The van der Waals surface area contributed by atoms with Crippen LogP contribution >= 0.6 is 11.8 Å². The van der Waals surface area contributed by atoms with E-state index in [-0.39, 0.29) is 24.3 Å². The zero-order valence-electron chi connectivity index (χ0n) is 11.1. The standard InChI is InChI=1S/C13H10F3NO4S/c14-13(15,16)22-7-10(18)21-6-5-17-11(19)8-3-1-2-4-9(8)12(17)20/h1-4H,5-7H2. The van der Waals surface area contributed by atoms with Crippen LogP contribution in [0.25, 0.3) is 0 Å². The summed E-state index contributed by atoms with van der Waals surface area (Å²) in [5.41, 5.74) is -4.00. The number of esters is 1. The second-order valence-corrected chi connectivity index (χ2v) is 5.30. The van der Waals surface area contributed by atoms with Gasteiger partial charge in [-0.25, -0.2) is 0 Å². The number of imide groups is 1. The summed E-state index contributed by atoms with van der Waals surface area (Å²) in [5.74, 6) is -2.95. The molecule has 0 fully saturated rings. The van der Waals surface area contributed by atoms with Gasteiger partial charge in [-0.05, 0) is 23.9 Å². The second kappa shape index (κ2) is 6.39. The van der Waals surface area contributed by atoms with E-state index in [4.69, 9.17) is 0 Å². The first-order valence-corrected chi connectivity index (χ1v) is 7.09. The van der Waals surface area contributed by atoms with Crippen molar-refractivity contribution in [2.24, 2.45) is 0 Å². The first kappa shape index (κ1) is 16.3. The lowest BCUT2D eigenvalue weighted by molar-refractivity contribution is -0.140. The number of alkyl halides is 3. The molecule has 1 heterocycles. The molecule has 2 rings (SSSR count). The number of amides is 2. The number of carbonyl (C=O) groups is 3. The topological polar surface area (TPSA) is 63.7 Å². The fourth-order valence-corrected chi connectivity index (χ4v) is 2.24.